The van der Waals surface area contributed by atoms with Crippen molar-refractivity contribution < 1.29 is 28.4 Å². The van der Waals surface area contributed by atoms with Crippen LogP contribution in [0.2, 0.25) is 0 Å². The van der Waals surface area contributed by atoms with E-state index in [2.05, 4.69) is 107 Å². The maximum absolute atomic E-state index is 13.7. The molecule has 2 amide bonds. The number of aryl methyl sites for hydroxylation is 3. The number of anilines is 2. The van der Waals surface area contributed by atoms with Gasteiger partial charge in [-0.25, -0.2) is 24.4 Å². The lowest BCUT2D eigenvalue weighted by Gasteiger charge is -2.34. The van der Waals surface area contributed by atoms with Crippen LogP contribution < -0.4 is 20.9 Å². The number of ketones is 1. The highest BCUT2D eigenvalue weighted by Crippen LogP contribution is 2.48. The van der Waals surface area contributed by atoms with Gasteiger partial charge in [-0.15, -0.1) is 0 Å². The first-order valence-electron chi connectivity index (χ1n) is 31.7. The number of methoxy groups -OCH3 is 1. The summed E-state index contributed by atoms with van der Waals surface area (Å²) in [6, 6.07) is 35.1. The smallest absolute Gasteiger partial charge is 0.283 e. The molecule has 6 aliphatic rings. The van der Waals surface area contributed by atoms with E-state index < -0.39 is 4.92 Å². The third kappa shape index (κ3) is 11.7. The average molecular weight is 1400 g/mol. The summed E-state index contributed by atoms with van der Waals surface area (Å²) in [5, 5.41) is 32.8. The number of nitro benzene ring substituents is 1. The van der Waals surface area contributed by atoms with Crippen molar-refractivity contribution in [3.8, 4) is 5.75 Å². The first-order valence-corrected chi connectivity index (χ1v) is 32.8. The molecule has 1 aliphatic carbocycles. The van der Waals surface area contributed by atoms with E-state index in [1.54, 1.807) is 36.1 Å². The summed E-state index contributed by atoms with van der Waals surface area (Å²) in [7, 11) is 5.56. The number of likely N-dealkylation sites (N-methyl/N-ethyl adjacent to an activating group) is 1. The number of benzene rings is 7. The Labute approximate surface area is 563 Å². The number of aromatic amines is 2. The highest BCUT2D eigenvalue weighted by atomic mass is 127. The maximum Gasteiger partial charge on any atom is 0.283 e. The molecule has 1 fully saturated rings. The normalized spacial score (nSPS) is 17.0. The summed E-state index contributed by atoms with van der Waals surface area (Å²) >= 11 is 1.86. The number of rotatable bonds is 9. The first-order chi connectivity index (χ1) is 46.4. The van der Waals surface area contributed by atoms with Gasteiger partial charge in [-0.3, -0.25) is 48.7 Å². The van der Waals surface area contributed by atoms with Crippen molar-refractivity contribution in [2.45, 2.75) is 64.7 Å². The molecule has 9 heterocycles. The number of aromatic nitrogens is 8. The molecule has 7 aromatic carbocycles. The Bertz CT molecular complexity index is 5060. The van der Waals surface area contributed by atoms with Gasteiger partial charge in [0.15, 0.2) is 5.78 Å². The van der Waals surface area contributed by atoms with Crippen molar-refractivity contribution in [3.05, 3.63) is 231 Å². The fourth-order valence-corrected chi connectivity index (χ4v) is 14.7. The number of fused-ring (bicyclic) bond motifs is 9. The van der Waals surface area contributed by atoms with Crippen molar-refractivity contribution in [2.24, 2.45) is 7.05 Å². The molecule has 1 saturated heterocycles. The summed E-state index contributed by atoms with van der Waals surface area (Å²) in [4.78, 5) is 86.5. The molecule has 4 N–H and O–H groups in total. The number of nitrogens with one attached hydrogen (secondary N) is 4. The van der Waals surface area contributed by atoms with Crippen LogP contribution in [-0.2, 0) is 39.5 Å². The van der Waals surface area contributed by atoms with Crippen LogP contribution in [0.4, 0.5) is 21.6 Å². The van der Waals surface area contributed by atoms with Crippen LogP contribution in [-0.4, -0.2) is 136 Å². The van der Waals surface area contributed by atoms with Crippen molar-refractivity contribution in [3.63, 3.8) is 0 Å². The molecule has 17 rings (SSSR count). The highest BCUT2D eigenvalue weighted by molar-refractivity contribution is 14.1. The van der Waals surface area contributed by atoms with Crippen molar-refractivity contribution in [1.82, 2.24) is 59.5 Å². The number of nitro groups is 1. The van der Waals surface area contributed by atoms with Gasteiger partial charge in [0.25, 0.3) is 23.1 Å². The zero-order chi connectivity index (χ0) is 66.8. The Morgan fingerprint density at radius 1 is 0.833 bits per heavy atom. The summed E-state index contributed by atoms with van der Waals surface area (Å²) in [5.41, 5.74) is 15.0. The summed E-state index contributed by atoms with van der Waals surface area (Å²) < 4.78 is 21.4. The Morgan fingerprint density at radius 2 is 1.57 bits per heavy atom. The van der Waals surface area contributed by atoms with Gasteiger partial charge < -0.3 is 25.3 Å². The lowest BCUT2D eigenvalue weighted by Crippen LogP contribution is -2.50. The molecule has 0 radical (unpaired) electrons. The van der Waals surface area contributed by atoms with Gasteiger partial charge in [-0.2, -0.15) is 10.2 Å². The van der Waals surface area contributed by atoms with Crippen LogP contribution in [0.3, 0.4) is 0 Å². The molecule has 0 bridgehead atoms. The lowest BCUT2D eigenvalue weighted by molar-refractivity contribution is -0.385. The number of hydrogen-bond acceptors (Lipinski definition) is 17. The number of carbonyl (C=O) groups excluding carboxylic acids is 3. The van der Waals surface area contributed by atoms with Gasteiger partial charge in [0.1, 0.15) is 35.4 Å². The minimum Gasteiger partial charge on any atom is -0.496 e. The number of ether oxygens (including phenoxy) is 1. The number of carbonyl (C=O) groups is 3. The van der Waals surface area contributed by atoms with E-state index in [9.17, 15) is 33.7 Å². The predicted octanol–water partition coefficient (Wildman–Crippen LogP) is 11.4. The fraction of sp³-hybridized carbons (Fsp3) is 0.264. The second-order valence-electron chi connectivity index (χ2n) is 25.0. The molecule has 2 atom stereocenters. The van der Waals surface area contributed by atoms with Crippen LogP contribution in [0, 0.1) is 26.4 Å². The molecule has 22 nitrogen and oxygen atoms in total. The van der Waals surface area contributed by atoms with E-state index in [0.717, 1.165) is 155 Å². The molecule has 0 spiro atoms. The quantitative estimate of drug-likeness (QED) is 0.0344. The van der Waals surface area contributed by atoms with E-state index in [1.165, 1.54) is 58.6 Å². The molecular formula is C72H67FIN15O7. The van der Waals surface area contributed by atoms with Crippen LogP contribution in [0.5, 0.6) is 5.75 Å². The van der Waals surface area contributed by atoms with Crippen LogP contribution in [0.25, 0.3) is 49.1 Å². The number of amides is 2. The van der Waals surface area contributed by atoms with Gasteiger partial charge >= 0.3 is 0 Å². The molecule has 0 unspecified atom stereocenters. The Kier molecular flexibility index (Phi) is 17.0. The maximum atomic E-state index is 13.7. The zero-order valence-corrected chi connectivity index (χ0v) is 55.6. The first kappa shape index (κ1) is 63.3. The second kappa shape index (κ2) is 25.9. The topological polar surface area (TPSA) is 259 Å². The van der Waals surface area contributed by atoms with Crippen molar-refractivity contribution in [2.75, 3.05) is 64.2 Å². The number of imide groups is 1. The Morgan fingerprint density at radius 3 is 2.29 bits per heavy atom. The molecule has 11 aromatic rings. The molecule has 486 valence electrons. The van der Waals surface area contributed by atoms with Crippen LogP contribution >= 0.6 is 22.6 Å². The minimum absolute atomic E-state index is 0.0201. The SMILES string of the molecule is C=C1CNc2nc(CN3Cc4ccccc4C3)nc3cccc1c23.CC(=O)c1ccc(I)c([N+](=O)[O-])c1.COc1cccc2[nH]c3c4c(c5c(c3c12)C(=O)N(CN1CCN(C)CC1)C5=O)CCC4.Cc1cc2c3c(n[nH]c(=O)c3c1)[C@H](c1ncnn1C)[C@@H](c1ccc(F)cc1)N2. The van der Waals surface area contributed by atoms with Crippen LogP contribution in [0.15, 0.2) is 133 Å². The lowest BCUT2D eigenvalue weighted by atomic mass is 9.83. The largest absolute Gasteiger partial charge is 0.496 e. The van der Waals surface area contributed by atoms with E-state index in [-0.39, 0.29) is 46.6 Å². The summed E-state index contributed by atoms with van der Waals surface area (Å²) in [6.45, 7) is 14.9. The monoisotopic (exact) mass is 1400 g/mol. The van der Waals surface area contributed by atoms with E-state index in [4.69, 9.17) is 14.7 Å². The van der Waals surface area contributed by atoms with Crippen molar-refractivity contribution in [1.29, 1.82) is 0 Å². The minimum atomic E-state index is -0.492. The fourth-order valence-electron chi connectivity index (χ4n) is 14.2. The van der Waals surface area contributed by atoms with Gasteiger partial charge in [-0.1, -0.05) is 61.2 Å². The molecule has 0 saturated carbocycles. The third-order valence-electron chi connectivity index (χ3n) is 18.9. The molecule has 5 aliphatic heterocycles. The van der Waals surface area contributed by atoms with Crippen molar-refractivity contribution >= 4 is 106 Å². The van der Waals surface area contributed by atoms with E-state index in [0.29, 0.717) is 43.8 Å². The Hall–Kier alpha value is -10.2. The zero-order valence-electron chi connectivity index (χ0n) is 53.4. The molecular weight excluding hydrogens is 1330 g/mol. The van der Waals surface area contributed by atoms with Gasteiger partial charge in [0.05, 0.1) is 90.3 Å². The second-order valence-corrected chi connectivity index (χ2v) is 26.2. The van der Waals surface area contributed by atoms with Gasteiger partial charge in [0.2, 0.25) is 0 Å². The van der Waals surface area contributed by atoms with E-state index >= 15 is 0 Å². The number of hydrogen-bond donors (Lipinski definition) is 4. The number of nitrogens with zero attached hydrogens (tertiary/aromatic N) is 11. The number of halogens is 2. The molecule has 96 heavy (non-hydrogen) atoms. The summed E-state index contributed by atoms with van der Waals surface area (Å²) in [5.74, 6) is 2.16. The predicted molar refractivity (Wildman–Crippen MR) is 374 cm³/mol. The Balaban J connectivity index is 0.000000114. The summed E-state index contributed by atoms with van der Waals surface area (Å²) in [6.07, 6.45) is 4.27. The molecule has 4 aromatic heterocycles. The van der Waals surface area contributed by atoms with Crippen LogP contribution in [0.1, 0.15) is 113 Å². The molecule has 24 heteroatoms. The number of H-pyrrole nitrogens is 2. The number of piperazine rings is 1. The van der Waals surface area contributed by atoms with Gasteiger partial charge in [0, 0.05) is 81.0 Å². The number of Topliss-reactive ketones (excluding diaryl/α,β-unsaturated/α-hetero) is 1. The highest BCUT2D eigenvalue weighted by Gasteiger charge is 2.44. The van der Waals surface area contributed by atoms with E-state index in [1.807, 2.05) is 66.9 Å². The van der Waals surface area contributed by atoms with Gasteiger partial charge in [-0.05, 0) is 162 Å². The average Bonchev–Trinajstić information content (AvgIpc) is 1.53. The standard InChI is InChI=1S/C24H26N4O3.C20H17FN6O.C20H18N4.C8H6INO3/c1-26-9-11-27(12-10-26)13-28-23(29)18-14-5-3-6-15(14)22-20(21(18)24(28)30)19-16(25-22)7-4-8-17(19)31-2;1-10-7-13-15-14(8-10)24-17(11-3-5-12(21)6-4-11)16(18(15)25-26-20(13)28)19-22-9-23-27(19)2;1-13-9-21-20-19-16(13)7-4-8-17(19)22-18(23-20)12-24-10-14-5-2-3-6-15(14)11-24;1-5(11)6-2-3-7(9)8(4-6)10(12)13/h4,7-8,25H,3,5-6,9-13H2,1-2H3;3-9,16-17,24H,1-2H3,(H,26,28);2-8H,1,9-12H2,(H,21,22,23);2-4H,1H3/t;16-,17-;;/m.1../s1. The third-order valence-corrected chi connectivity index (χ3v) is 19.8.